The largest absolute Gasteiger partial charge is 0.341 e. The standard InChI is InChI=1S/C18H19BrN4/c1-11-21-16(13-7-9-20-10-8-13)18-17(22-11)14(19)15(23-18)12-5-3-2-4-6-12/h2-6,13,20H,7-10H2,1H3,(H,21,22). The van der Waals surface area contributed by atoms with Crippen LogP contribution in [-0.4, -0.2) is 28.0 Å². The van der Waals surface area contributed by atoms with E-state index in [0.717, 1.165) is 64.6 Å². The summed E-state index contributed by atoms with van der Waals surface area (Å²) in [4.78, 5) is 13.1. The number of benzene rings is 1. The summed E-state index contributed by atoms with van der Waals surface area (Å²) in [7, 11) is 0. The maximum atomic E-state index is 4.94. The second-order valence-corrected chi connectivity index (χ2v) is 6.89. The summed E-state index contributed by atoms with van der Waals surface area (Å²) in [6, 6.07) is 10.3. The van der Waals surface area contributed by atoms with Crippen molar-refractivity contribution >= 4 is 15.9 Å². The van der Waals surface area contributed by atoms with Crippen molar-refractivity contribution in [3.8, 4) is 22.6 Å². The maximum Gasteiger partial charge on any atom is 0.110 e. The van der Waals surface area contributed by atoms with Gasteiger partial charge in [-0.05, 0) is 48.8 Å². The number of hydrogen-bond acceptors (Lipinski definition) is 3. The van der Waals surface area contributed by atoms with E-state index in [9.17, 15) is 0 Å². The van der Waals surface area contributed by atoms with E-state index >= 15 is 0 Å². The molecule has 0 bridgehead atoms. The maximum absolute atomic E-state index is 4.94. The average Bonchev–Trinajstić information content (AvgIpc) is 2.93. The van der Waals surface area contributed by atoms with Crippen molar-refractivity contribution < 1.29 is 0 Å². The van der Waals surface area contributed by atoms with E-state index in [4.69, 9.17) is 9.97 Å². The van der Waals surface area contributed by atoms with Gasteiger partial charge < -0.3 is 10.3 Å². The van der Waals surface area contributed by atoms with Crippen LogP contribution >= 0.6 is 15.9 Å². The molecule has 3 heterocycles. The Hall–Kier alpha value is -1.72. The number of hydrogen-bond donors (Lipinski definition) is 2. The second kappa shape index (κ2) is 6.06. The van der Waals surface area contributed by atoms with Crippen molar-refractivity contribution in [2.75, 3.05) is 13.1 Å². The Morgan fingerprint density at radius 1 is 1.04 bits per heavy atom. The molecule has 4 rings (SSSR count). The fraction of sp³-hybridized carbons (Fsp3) is 0.333. The third-order valence-electron chi connectivity index (χ3n) is 4.50. The summed E-state index contributed by atoms with van der Waals surface area (Å²) in [6.07, 6.45) is 2.24. The number of halogens is 1. The van der Waals surface area contributed by atoms with Crippen LogP contribution in [0.25, 0.3) is 22.6 Å². The number of piperidine rings is 1. The second-order valence-electron chi connectivity index (χ2n) is 6.10. The fourth-order valence-electron chi connectivity index (χ4n) is 3.35. The van der Waals surface area contributed by atoms with Crippen LogP contribution < -0.4 is 5.32 Å². The van der Waals surface area contributed by atoms with Gasteiger partial charge in [0.05, 0.1) is 21.6 Å². The van der Waals surface area contributed by atoms with Crippen LogP contribution in [0.2, 0.25) is 0 Å². The predicted octanol–water partition coefficient (Wildman–Crippen LogP) is 4.11. The van der Waals surface area contributed by atoms with Gasteiger partial charge in [0.2, 0.25) is 0 Å². The number of aryl methyl sites for hydroxylation is 1. The fourth-order valence-corrected chi connectivity index (χ4v) is 3.95. The number of rotatable bonds is 2. The lowest BCUT2D eigenvalue weighted by molar-refractivity contribution is 0.452. The molecule has 1 saturated heterocycles. The van der Waals surface area contributed by atoms with Gasteiger partial charge >= 0.3 is 0 Å². The molecule has 0 spiro atoms. The molecule has 0 unspecified atom stereocenters. The van der Waals surface area contributed by atoms with Crippen molar-refractivity contribution in [1.82, 2.24) is 20.3 Å². The van der Waals surface area contributed by atoms with E-state index in [-0.39, 0.29) is 0 Å². The Morgan fingerprint density at radius 3 is 2.52 bits per heavy atom. The highest BCUT2D eigenvalue weighted by molar-refractivity contribution is 9.10. The Bertz CT molecular complexity index is 790. The number of aromatic amines is 1. The van der Waals surface area contributed by atoms with E-state index in [1.54, 1.807) is 0 Å². The lowest BCUT2D eigenvalue weighted by atomic mass is 9.92. The molecule has 0 amide bonds. The molecule has 1 aromatic carbocycles. The molecule has 1 fully saturated rings. The van der Waals surface area contributed by atoms with Crippen LogP contribution in [0.4, 0.5) is 0 Å². The van der Waals surface area contributed by atoms with Crippen molar-refractivity contribution in [3.05, 3.63) is 46.3 Å². The Kier molecular flexibility index (Phi) is 3.91. The van der Waals surface area contributed by atoms with Gasteiger partial charge in [-0.1, -0.05) is 30.3 Å². The molecule has 2 N–H and O–H groups in total. The first-order valence-electron chi connectivity index (χ1n) is 8.06. The molecule has 3 aliphatic rings. The molecule has 0 aliphatic carbocycles. The van der Waals surface area contributed by atoms with E-state index in [1.807, 2.05) is 25.1 Å². The third kappa shape index (κ3) is 2.68. The van der Waals surface area contributed by atoms with Crippen LogP contribution in [0, 0.1) is 6.92 Å². The first-order chi connectivity index (χ1) is 11.2. The Morgan fingerprint density at radius 2 is 1.78 bits per heavy atom. The van der Waals surface area contributed by atoms with Crippen molar-refractivity contribution in [2.45, 2.75) is 25.7 Å². The molecule has 3 aliphatic heterocycles. The van der Waals surface area contributed by atoms with Gasteiger partial charge in [-0.2, -0.15) is 0 Å². The van der Waals surface area contributed by atoms with E-state index in [0.29, 0.717) is 5.92 Å². The van der Waals surface area contributed by atoms with Crippen LogP contribution in [0.3, 0.4) is 0 Å². The van der Waals surface area contributed by atoms with E-state index in [2.05, 4.69) is 38.4 Å². The summed E-state index contributed by atoms with van der Waals surface area (Å²) in [5.74, 6) is 1.43. The smallest absolute Gasteiger partial charge is 0.110 e. The van der Waals surface area contributed by atoms with Crippen LogP contribution in [0.5, 0.6) is 0 Å². The summed E-state index contributed by atoms with van der Waals surface area (Å²) >= 11 is 3.75. The van der Waals surface area contributed by atoms with Crippen molar-refractivity contribution in [3.63, 3.8) is 0 Å². The highest BCUT2D eigenvalue weighted by atomic mass is 79.9. The minimum absolute atomic E-state index is 0.484. The molecule has 0 radical (unpaired) electrons. The first kappa shape index (κ1) is 14.8. The third-order valence-corrected chi connectivity index (χ3v) is 5.27. The molecule has 0 atom stereocenters. The minimum atomic E-state index is 0.484. The first-order valence-corrected chi connectivity index (χ1v) is 8.85. The summed E-state index contributed by atoms with van der Waals surface area (Å²) in [6.45, 7) is 4.13. The van der Waals surface area contributed by atoms with Crippen molar-refractivity contribution in [1.29, 1.82) is 0 Å². The Labute approximate surface area is 144 Å². The van der Waals surface area contributed by atoms with Gasteiger partial charge in [0.15, 0.2) is 0 Å². The van der Waals surface area contributed by atoms with Gasteiger partial charge in [-0.25, -0.2) is 9.97 Å². The van der Waals surface area contributed by atoms with Crippen molar-refractivity contribution in [2.24, 2.45) is 0 Å². The normalized spacial score (nSPS) is 16.1. The topological polar surface area (TPSA) is 53.6 Å². The predicted molar refractivity (Wildman–Crippen MR) is 95.7 cm³/mol. The highest BCUT2D eigenvalue weighted by Gasteiger charge is 2.27. The average molecular weight is 371 g/mol. The van der Waals surface area contributed by atoms with Gasteiger partial charge in [-0.3, -0.25) is 0 Å². The molecular weight excluding hydrogens is 352 g/mol. The lowest BCUT2D eigenvalue weighted by Crippen LogP contribution is -2.27. The van der Waals surface area contributed by atoms with Gasteiger partial charge in [0.1, 0.15) is 11.5 Å². The minimum Gasteiger partial charge on any atom is -0.341 e. The zero-order valence-corrected chi connectivity index (χ0v) is 14.7. The molecule has 118 valence electrons. The monoisotopic (exact) mass is 370 g/mol. The molecule has 0 saturated carbocycles. The molecule has 23 heavy (non-hydrogen) atoms. The number of nitrogens with zero attached hydrogens (tertiary/aromatic N) is 2. The summed E-state index contributed by atoms with van der Waals surface area (Å²) < 4.78 is 1.03. The van der Waals surface area contributed by atoms with E-state index in [1.165, 1.54) is 0 Å². The zero-order valence-electron chi connectivity index (χ0n) is 13.1. The Balaban J connectivity index is 1.88. The van der Waals surface area contributed by atoms with Crippen LogP contribution in [0.1, 0.15) is 30.3 Å². The number of fused-ring (bicyclic) bond motifs is 1. The lowest BCUT2D eigenvalue weighted by Gasteiger charge is -2.23. The van der Waals surface area contributed by atoms with Gasteiger partial charge in [0, 0.05) is 11.5 Å². The van der Waals surface area contributed by atoms with Crippen LogP contribution in [-0.2, 0) is 0 Å². The van der Waals surface area contributed by atoms with E-state index < -0.39 is 0 Å². The zero-order chi connectivity index (χ0) is 15.8. The molecule has 1 aromatic rings. The van der Waals surface area contributed by atoms with Crippen LogP contribution in [0.15, 0.2) is 34.8 Å². The summed E-state index contributed by atoms with van der Waals surface area (Å²) in [5.41, 5.74) is 5.32. The number of H-pyrrole nitrogens is 1. The number of nitrogens with one attached hydrogen (secondary N) is 2. The molecule has 4 nitrogen and oxygen atoms in total. The molecule has 0 aromatic heterocycles. The van der Waals surface area contributed by atoms with Gasteiger partial charge in [0.25, 0.3) is 0 Å². The quantitative estimate of drug-likeness (QED) is 0.713. The molecule has 5 heteroatoms. The SMILES string of the molecule is Cc1nc(C2CCNCC2)c2nc(-c3ccccc3)c(Br)c-2[nH]1. The highest BCUT2D eigenvalue weighted by Crippen LogP contribution is 2.41. The summed E-state index contributed by atoms with van der Waals surface area (Å²) in [5, 5.41) is 3.42. The molecular formula is C18H19BrN4. The number of aromatic nitrogens is 3. The van der Waals surface area contributed by atoms with Gasteiger partial charge in [-0.15, -0.1) is 0 Å².